The second-order valence-corrected chi connectivity index (χ2v) is 5.37. The van der Waals surface area contributed by atoms with Gasteiger partial charge in [0.1, 0.15) is 5.02 Å². The molecular weight excluding hydrogens is 282 g/mol. The SMILES string of the molecule is NCC1(c2c(F)c(F)c(Cl)c(F)c2F)CCCCC1. The quantitative estimate of drug-likeness (QED) is 0.497. The molecule has 0 spiro atoms. The molecule has 2 N–H and O–H groups in total. The van der Waals surface area contributed by atoms with Gasteiger partial charge in [-0.1, -0.05) is 30.9 Å². The molecule has 1 nitrogen and oxygen atoms in total. The van der Waals surface area contributed by atoms with Crippen molar-refractivity contribution in [3.63, 3.8) is 0 Å². The maximum absolute atomic E-state index is 14.0. The first kappa shape index (κ1) is 14.6. The molecule has 1 fully saturated rings. The minimum absolute atomic E-state index is 0.0542. The lowest BCUT2D eigenvalue weighted by Crippen LogP contribution is -2.39. The van der Waals surface area contributed by atoms with E-state index in [0.717, 1.165) is 19.3 Å². The monoisotopic (exact) mass is 295 g/mol. The molecule has 1 aromatic carbocycles. The van der Waals surface area contributed by atoms with E-state index >= 15 is 0 Å². The Bertz CT molecular complexity index is 469. The lowest BCUT2D eigenvalue weighted by Gasteiger charge is -2.37. The molecule has 1 aromatic rings. The highest BCUT2D eigenvalue weighted by molar-refractivity contribution is 6.30. The third kappa shape index (κ3) is 2.23. The van der Waals surface area contributed by atoms with Gasteiger partial charge in [0.2, 0.25) is 0 Å². The van der Waals surface area contributed by atoms with Gasteiger partial charge in [-0.05, 0) is 12.8 Å². The van der Waals surface area contributed by atoms with Crippen LogP contribution >= 0.6 is 11.6 Å². The van der Waals surface area contributed by atoms with Gasteiger partial charge in [0.15, 0.2) is 23.3 Å². The molecule has 0 bridgehead atoms. The molecule has 6 heteroatoms. The average Bonchev–Trinajstić information content (AvgIpc) is 2.44. The fourth-order valence-electron chi connectivity index (χ4n) is 2.86. The maximum Gasteiger partial charge on any atom is 0.180 e. The normalized spacial score (nSPS) is 18.6. The van der Waals surface area contributed by atoms with Gasteiger partial charge >= 0.3 is 0 Å². The Morgan fingerprint density at radius 3 is 1.79 bits per heavy atom. The van der Waals surface area contributed by atoms with Crippen LogP contribution in [0.4, 0.5) is 17.6 Å². The molecule has 0 amide bonds. The largest absolute Gasteiger partial charge is 0.330 e. The summed E-state index contributed by atoms with van der Waals surface area (Å²) in [6, 6.07) is 0. The maximum atomic E-state index is 14.0. The molecule has 106 valence electrons. The number of hydrogen-bond acceptors (Lipinski definition) is 1. The summed E-state index contributed by atoms with van der Waals surface area (Å²) < 4.78 is 55.1. The van der Waals surface area contributed by atoms with E-state index in [1.54, 1.807) is 0 Å². The molecule has 0 radical (unpaired) electrons. The number of rotatable bonds is 2. The summed E-state index contributed by atoms with van der Waals surface area (Å²) in [6.45, 7) is -0.0542. The Balaban J connectivity index is 2.67. The van der Waals surface area contributed by atoms with Crippen LogP contribution in [0, 0.1) is 23.3 Å². The van der Waals surface area contributed by atoms with Crippen LogP contribution in [0.25, 0.3) is 0 Å². The summed E-state index contributed by atoms with van der Waals surface area (Å²) in [4.78, 5) is 0. The summed E-state index contributed by atoms with van der Waals surface area (Å²) in [5.41, 5.74) is 4.00. The first-order chi connectivity index (χ1) is 8.94. The van der Waals surface area contributed by atoms with Crippen molar-refractivity contribution in [1.82, 2.24) is 0 Å². The molecule has 0 saturated heterocycles. The van der Waals surface area contributed by atoms with Gasteiger partial charge in [0.05, 0.1) is 0 Å². The standard InChI is InChI=1S/C13H14ClF4N/c14-8-11(17)9(15)7(10(16)12(8)18)13(6-19)4-2-1-3-5-13/h1-6,19H2. The molecule has 1 saturated carbocycles. The van der Waals surface area contributed by atoms with E-state index in [4.69, 9.17) is 17.3 Å². The van der Waals surface area contributed by atoms with Gasteiger partial charge in [0.25, 0.3) is 0 Å². The molecule has 1 aliphatic carbocycles. The Labute approximate surface area is 113 Å². The zero-order valence-corrected chi connectivity index (χ0v) is 11.0. The van der Waals surface area contributed by atoms with Crippen molar-refractivity contribution in [1.29, 1.82) is 0 Å². The highest BCUT2D eigenvalue weighted by Crippen LogP contribution is 2.43. The fraction of sp³-hybridized carbons (Fsp3) is 0.538. The van der Waals surface area contributed by atoms with Crippen LogP contribution in [-0.2, 0) is 5.41 Å². The van der Waals surface area contributed by atoms with Gasteiger partial charge in [0, 0.05) is 17.5 Å². The van der Waals surface area contributed by atoms with E-state index in [9.17, 15) is 17.6 Å². The molecule has 1 aliphatic rings. The van der Waals surface area contributed by atoms with Gasteiger partial charge < -0.3 is 5.73 Å². The summed E-state index contributed by atoms with van der Waals surface area (Å²) in [5, 5.41) is -1.15. The highest BCUT2D eigenvalue weighted by atomic mass is 35.5. The van der Waals surface area contributed by atoms with Crippen LogP contribution in [0.1, 0.15) is 37.7 Å². The second-order valence-electron chi connectivity index (χ2n) is 4.99. The predicted octanol–water partition coefficient (Wildman–Crippen LogP) is 4.06. The Kier molecular flexibility index (Phi) is 4.06. The van der Waals surface area contributed by atoms with Crippen LogP contribution in [0.2, 0.25) is 5.02 Å². The smallest absolute Gasteiger partial charge is 0.180 e. The van der Waals surface area contributed by atoms with Gasteiger partial charge in [-0.15, -0.1) is 0 Å². The van der Waals surface area contributed by atoms with Crippen molar-refractivity contribution in [3.05, 3.63) is 33.9 Å². The fourth-order valence-corrected chi connectivity index (χ4v) is 3.02. The van der Waals surface area contributed by atoms with Crippen molar-refractivity contribution in [2.24, 2.45) is 5.73 Å². The van der Waals surface area contributed by atoms with Crippen LogP contribution < -0.4 is 5.73 Å². The molecule has 0 heterocycles. The molecule has 0 atom stereocenters. The minimum Gasteiger partial charge on any atom is -0.330 e. The van der Waals surface area contributed by atoms with Crippen molar-refractivity contribution < 1.29 is 17.6 Å². The molecule has 0 aromatic heterocycles. The molecular formula is C13H14ClF4N. The van der Waals surface area contributed by atoms with E-state index in [-0.39, 0.29) is 6.54 Å². The van der Waals surface area contributed by atoms with Crippen molar-refractivity contribution in [2.75, 3.05) is 6.54 Å². The summed E-state index contributed by atoms with van der Waals surface area (Å²) >= 11 is 5.23. The average molecular weight is 296 g/mol. The number of halogens is 5. The Morgan fingerprint density at radius 1 is 0.895 bits per heavy atom. The molecule has 0 unspecified atom stereocenters. The lowest BCUT2D eigenvalue weighted by molar-refractivity contribution is 0.272. The van der Waals surface area contributed by atoms with Crippen LogP contribution in [0.5, 0.6) is 0 Å². The summed E-state index contributed by atoms with van der Waals surface area (Å²) in [7, 11) is 0. The van der Waals surface area contributed by atoms with Crippen molar-refractivity contribution in [2.45, 2.75) is 37.5 Å². The van der Waals surface area contributed by atoms with Gasteiger partial charge in [-0.25, -0.2) is 17.6 Å². The molecule has 19 heavy (non-hydrogen) atoms. The Hall–Kier alpha value is -0.810. The Morgan fingerprint density at radius 2 is 1.37 bits per heavy atom. The van der Waals surface area contributed by atoms with Crippen LogP contribution in [0.3, 0.4) is 0 Å². The third-order valence-electron chi connectivity index (χ3n) is 3.94. The van der Waals surface area contributed by atoms with Crippen molar-refractivity contribution >= 4 is 11.6 Å². The van der Waals surface area contributed by atoms with E-state index in [2.05, 4.69) is 0 Å². The predicted molar refractivity (Wildman–Crippen MR) is 65.1 cm³/mol. The van der Waals surface area contributed by atoms with Gasteiger partial charge in [-0.2, -0.15) is 0 Å². The first-order valence-corrected chi connectivity index (χ1v) is 6.54. The minimum atomic E-state index is -1.55. The molecule has 0 aliphatic heterocycles. The number of benzene rings is 1. The first-order valence-electron chi connectivity index (χ1n) is 6.16. The van der Waals surface area contributed by atoms with Gasteiger partial charge in [-0.3, -0.25) is 0 Å². The van der Waals surface area contributed by atoms with E-state index < -0.39 is 39.3 Å². The summed E-state index contributed by atoms with van der Waals surface area (Å²) in [6.07, 6.45) is 3.20. The second kappa shape index (κ2) is 5.29. The topological polar surface area (TPSA) is 26.0 Å². The molecule has 2 rings (SSSR count). The zero-order chi connectivity index (χ0) is 14.2. The van der Waals surface area contributed by atoms with E-state index in [1.807, 2.05) is 0 Å². The van der Waals surface area contributed by atoms with E-state index in [0.29, 0.717) is 12.8 Å². The highest BCUT2D eigenvalue weighted by Gasteiger charge is 2.40. The van der Waals surface area contributed by atoms with E-state index in [1.165, 1.54) is 0 Å². The lowest BCUT2D eigenvalue weighted by atomic mass is 9.69. The van der Waals surface area contributed by atoms with Crippen molar-refractivity contribution in [3.8, 4) is 0 Å². The zero-order valence-electron chi connectivity index (χ0n) is 10.2. The third-order valence-corrected chi connectivity index (χ3v) is 4.27. The van der Waals surface area contributed by atoms with Crippen LogP contribution in [0.15, 0.2) is 0 Å². The van der Waals surface area contributed by atoms with Crippen LogP contribution in [-0.4, -0.2) is 6.54 Å². The number of hydrogen-bond donors (Lipinski definition) is 1. The summed E-state index contributed by atoms with van der Waals surface area (Å²) in [5.74, 6) is -5.93. The number of nitrogens with two attached hydrogens (primary N) is 1.